The summed E-state index contributed by atoms with van der Waals surface area (Å²) >= 11 is 0. The first-order valence-corrected chi connectivity index (χ1v) is 6.75. The van der Waals surface area contributed by atoms with Gasteiger partial charge in [0, 0.05) is 19.0 Å². The highest BCUT2D eigenvalue weighted by atomic mass is 16.3. The monoisotopic (exact) mass is 243 g/mol. The van der Waals surface area contributed by atoms with Gasteiger partial charge in [0.15, 0.2) is 0 Å². The average Bonchev–Trinajstić information content (AvgIpc) is 2.19. The molecule has 1 amide bonds. The fraction of sp³-hybridized carbons (Fsp3) is 0.929. The molecule has 0 aromatic carbocycles. The van der Waals surface area contributed by atoms with Crippen LogP contribution in [0, 0.1) is 0 Å². The quantitative estimate of drug-likeness (QED) is 0.698. The van der Waals surface area contributed by atoms with Gasteiger partial charge in [-0.2, -0.15) is 0 Å². The van der Waals surface area contributed by atoms with E-state index < -0.39 is 6.10 Å². The molecule has 0 fully saturated rings. The molecule has 1 atom stereocenters. The van der Waals surface area contributed by atoms with E-state index in [1.54, 1.807) is 11.8 Å². The van der Waals surface area contributed by atoms with Crippen LogP contribution >= 0.6 is 0 Å². The maximum atomic E-state index is 11.5. The number of rotatable bonds is 7. The first-order chi connectivity index (χ1) is 7.79. The average molecular weight is 243 g/mol. The smallest absolute Gasteiger partial charge is 0.219 e. The minimum Gasteiger partial charge on any atom is -0.391 e. The minimum atomic E-state index is -0.394. The minimum absolute atomic E-state index is 0.0325. The molecule has 0 aromatic heterocycles. The molecule has 1 N–H and O–H groups in total. The third-order valence-electron chi connectivity index (χ3n) is 2.97. The number of carbonyl (C=O) groups is 1. The molecule has 0 heterocycles. The van der Waals surface area contributed by atoms with Crippen LogP contribution in [-0.4, -0.2) is 34.1 Å². The summed E-state index contributed by atoms with van der Waals surface area (Å²) in [5.41, 5.74) is -0.212. The van der Waals surface area contributed by atoms with Crippen molar-refractivity contribution in [1.29, 1.82) is 0 Å². The second-order valence-corrected chi connectivity index (χ2v) is 5.80. The van der Waals surface area contributed by atoms with Gasteiger partial charge < -0.3 is 10.0 Å². The Kier molecular flexibility index (Phi) is 7.44. The molecule has 0 aliphatic rings. The van der Waals surface area contributed by atoms with Crippen LogP contribution in [0.3, 0.4) is 0 Å². The molecule has 0 aromatic rings. The highest BCUT2D eigenvalue weighted by Crippen LogP contribution is 2.15. The van der Waals surface area contributed by atoms with Crippen molar-refractivity contribution in [2.45, 2.75) is 78.4 Å². The van der Waals surface area contributed by atoms with E-state index in [0.29, 0.717) is 6.54 Å². The third-order valence-corrected chi connectivity index (χ3v) is 2.97. The van der Waals surface area contributed by atoms with E-state index in [1.807, 2.05) is 20.8 Å². The molecule has 0 spiro atoms. The Morgan fingerprint density at radius 1 is 1.24 bits per heavy atom. The maximum Gasteiger partial charge on any atom is 0.219 e. The Morgan fingerprint density at radius 2 is 1.82 bits per heavy atom. The number of aliphatic hydroxyl groups is 1. The van der Waals surface area contributed by atoms with Crippen LogP contribution in [0.2, 0.25) is 0 Å². The molecule has 0 radical (unpaired) electrons. The third kappa shape index (κ3) is 7.37. The summed E-state index contributed by atoms with van der Waals surface area (Å²) in [6.07, 6.45) is 5.04. The molecule has 0 aliphatic carbocycles. The van der Waals surface area contributed by atoms with E-state index in [4.69, 9.17) is 0 Å². The zero-order valence-electron chi connectivity index (χ0n) is 12.1. The predicted octanol–water partition coefficient (Wildman–Crippen LogP) is 2.96. The summed E-state index contributed by atoms with van der Waals surface area (Å²) in [4.78, 5) is 13.3. The number of hydrogen-bond donors (Lipinski definition) is 1. The summed E-state index contributed by atoms with van der Waals surface area (Å²) in [5, 5.41) is 9.94. The molecule has 17 heavy (non-hydrogen) atoms. The summed E-state index contributed by atoms with van der Waals surface area (Å²) in [7, 11) is 0. The van der Waals surface area contributed by atoms with E-state index in [0.717, 1.165) is 12.8 Å². The van der Waals surface area contributed by atoms with Gasteiger partial charge in [0.05, 0.1) is 6.10 Å². The van der Waals surface area contributed by atoms with Crippen LogP contribution in [0.15, 0.2) is 0 Å². The predicted molar refractivity (Wildman–Crippen MR) is 71.9 cm³/mol. The van der Waals surface area contributed by atoms with E-state index >= 15 is 0 Å². The topological polar surface area (TPSA) is 40.5 Å². The molecule has 1 unspecified atom stereocenters. The standard InChI is InChI=1S/C14H29NO2/c1-6-7-8-9-10-13(17)11-15(12(2)16)14(3,4)5/h13,17H,6-11H2,1-5H3. The molecule has 0 rings (SSSR count). The van der Waals surface area contributed by atoms with E-state index in [2.05, 4.69) is 6.92 Å². The molecule has 0 bridgehead atoms. The first kappa shape index (κ1) is 16.4. The van der Waals surface area contributed by atoms with E-state index in [-0.39, 0.29) is 11.4 Å². The maximum absolute atomic E-state index is 11.5. The van der Waals surface area contributed by atoms with Gasteiger partial charge in [-0.25, -0.2) is 0 Å². The van der Waals surface area contributed by atoms with Crippen molar-refractivity contribution in [2.75, 3.05) is 6.54 Å². The molecule has 0 aliphatic heterocycles. The van der Waals surface area contributed by atoms with Gasteiger partial charge in [-0.15, -0.1) is 0 Å². The van der Waals surface area contributed by atoms with Crippen LogP contribution in [-0.2, 0) is 4.79 Å². The molecule has 102 valence electrons. The van der Waals surface area contributed by atoms with E-state index in [9.17, 15) is 9.90 Å². The summed E-state index contributed by atoms with van der Waals surface area (Å²) in [6, 6.07) is 0. The van der Waals surface area contributed by atoms with Gasteiger partial charge in [0.2, 0.25) is 5.91 Å². The number of amides is 1. The van der Waals surface area contributed by atoms with Crippen molar-refractivity contribution in [1.82, 2.24) is 4.90 Å². The number of nitrogens with zero attached hydrogens (tertiary/aromatic N) is 1. The molecular weight excluding hydrogens is 214 g/mol. The van der Waals surface area contributed by atoms with Crippen LogP contribution < -0.4 is 0 Å². The fourth-order valence-corrected chi connectivity index (χ4v) is 1.98. The van der Waals surface area contributed by atoms with Gasteiger partial charge in [-0.05, 0) is 27.2 Å². The van der Waals surface area contributed by atoms with Crippen molar-refractivity contribution >= 4 is 5.91 Å². The Labute approximate surface area is 106 Å². The molecule has 0 saturated heterocycles. The van der Waals surface area contributed by atoms with Gasteiger partial charge in [-0.3, -0.25) is 4.79 Å². The lowest BCUT2D eigenvalue weighted by molar-refractivity contribution is -0.135. The van der Waals surface area contributed by atoms with Gasteiger partial charge in [0.1, 0.15) is 0 Å². The first-order valence-electron chi connectivity index (χ1n) is 6.75. The fourth-order valence-electron chi connectivity index (χ4n) is 1.98. The lowest BCUT2D eigenvalue weighted by Gasteiger charge is -2.36. The van der Waals surface area contributed by atoms with Gasteiger partial charge in [-0.1, -0.05) is 32.6 Å². The van der Waals surface area contributed by atoms with Gasteiger partial charge >= 0.3 is 0 Å². The molecule has 0 saturated carbocycles. The van der Waals surface area contributed by atoms with Crippen LogP contribution in [0.4, 0.5) is 0 Å². The summed E-state index contributed by atoms with van der Waals surface area (Å²) < 4.78 is 0. The SMILES string of the molecule is CCCCCCC(O)CN(C(C)=O)C(C)(C)C. The Balaban J connectivity index is 4.05. The Hall–Kier alpha value is -0.570. The van der Waals surface area contributed by atoms with Crippen LogP contribution in [0.25, 0.3) is 0 Å². The second-order valence-electron chi connectivity index (χ2n) is 5.80. The normalized spacial score (nSPS) is 13.5. The summed E-state index contributed by atoms with van der Waals surface area (Å²) in [6.45, 7) is 10.2. The van der Waals surface area contributed by atoms with Crippen molar-refractivity contribution < 1.29 is 9.90 Å². The second kappa shape index (κ2) is 7.70. The number of carbonyl (C=O) groups excluding carboxylic acids is 1. The molecule has 3 heteroatoms. The number of hydrogen-bond acceptors (Lipinski definition) is 2. The lowest BCUT2D eigenvalue weighted by atomic mass is 10.0. The van der Waals surface area contributed by atoms with Crippen LogP contribution in [0.5, 0.6) is 0 Å². The zero-order chi connectivity index (χ0) is 13.5. The number of aliphatic hydroxyl groups excluding tert-OH is 1. The Bertz CT molecular complexity index is 221. The number of unbranched alkanes of at least 4 members (excludes halogenated alkanes) is 3. The van der Waals surface area contributed by atoms with Crippen molar-refractivity contribution in [3.63, 3.8) is 0 Å². The van der Waals surface area contributed by atoms with Crippen molar-refractivity contribution in [2.24, 2.45) is 0 Å². The lowest BCUT2D eigenvalue weighted by Crippen LogP contribution is -2.48. The van der Waals surface area contributed by atoms with Crippen molar-refractivity contribution in [3.8, 4) is 0 Å². The highest BCUT2D eigenvalue weighted by Gasteiger charge is 2.25. The largest absolute Gasteiger partial charge is 0.391 e. The van der Waals surface area contributed by atoms with E-state index in [1.165, 1.54) is 19.3 Å². The van der Waals surface area contributed by atoms with Gasteiger partial charge in [0.25, 0.3) is 0 Å². The number of β-amino-alcohol motifs (C(OH)–C–C–N with tert-alkyl or cyclic N) is 1. The summed E-state index contributed by atoms with van der Waals surface area (Å²) in [5.74, 6) is 0.0325. The Morgan fingerprint density at radius 3 is 2.24 bits per heavy atom. The molecular formula is C14H29NO2. The highest BCUT2D eigenvalue weighted by molar-refractivity contribution is 5.74. The zero-order valence-corrected chi connectivity index (χ0v) is 12.1. The van der Waals surface area contributed by atoms with Crippen LogP contribution in [0.1, 0.15) is 66.7 Å². The molecule has 3 nitrogen and oxygen atoms in total. The van der Waals surface area contributed by atoms with Crippen molar-refractivity contribution in [3.05, 3.63) is 0 Å².